The first-order valence-corrected chi connectivity index (χ1v) is 13.5. The van der Waals surface area contributed by atoms with Crippen molar-refractivity contribution in [3.8, 4) is 11.1 Å². The summed E-state index contributed by atoms with van der Waals surface area (Å²) in [6, 6.07) is 12.8. The number of halogens is 2. The van der Waals surface area contributed by atoms with E-state index in [0.29, 0.717) is 21.4 Å². The molecule has 2 aromatic heterocycles. The summed E-state index contributed by atoms with van der Waals surface area (Å²) in [6.45, 7) is 3.89. The highest BCUT2D eigenvalue weighted by Crippen LogP contribution is 2.40. The van der Waals surface area contributed by atoms with Crippen LogP contribution in [0.15, 0.2) is 58.6 Å². The number of anilines is 2. The second-order valence-electron chi connectivity index (χ2n) is 7.57. The van der Waals surface area contributed by atoms with E-state index in [1.54, 1.807) is 18.0 Å². The number of nitrogens with zero attached hydrogens (tertiary/aromatic N) is 2. The lowest BCUT2D eigenvalue weighted by atomic mass is 9.98. The van der Waals surface area contributed by atoms with Crippen LogP contribution in [0.4, 0.5) is 16.2 Å². The van der Waals surface area contributed by atoms with Gasteiger partial charge in [0.1, 0.15) is 5.03 Å². The lowest BCUT2D eigenvalue weighted by Crippen LogP contribution is -2.21. The summed E-state index contributed by atoms with van der Waals surface area (Å²) < 4.78 is 0. The molecule has 34 heavy (non-hydrogen) atoms. The van der Waals surface area contributed by atoms with Crippen molar-refractivity contribution < 1.29 is 4.79 Å². The standard InChI is InChI=1S/C25H22Cl2N4OS2/c1-13-9-15(26)11-17-21(16-7-5-6-8-18(16)27)19(12-28-22(13)17)30-25(32)31-23-20(33-3)10-14(2)29-24(23)34-4/h5-12H,1-4H3,(H2,30,31,32). The number of benzene rings is 2. The molecular weight excluding hydrogens is 507 g/mol. The molecule has 0 saturated heterocycles. The van der Waals surface area contributed by atoms with Gasteiger partial charge in [-0.2, -0.15) is 0 Å². The highest BCUT2D eigenvalue weighted by molar-refractivity contribution is 7.99. The van der Waals surface area contributed by atoms with Gasteiger partial charge in [-0.05, 0) is 56.2 Å². The average Bonchev–Trinajstić information content (AvgIpc) is 2.80. The summed E-state index contributed by atoms with van der Waals surface area (Å²) in [5.41, 5.74) is 5.36. The van der Waals surface area contributed by atoms with Crippen LogP contribution in [0.1, 0.15) is 11.3 Å². The number of hydrogen-bond acceptors (Lipinski definition) is 5. The molecule has 0 aliphatic heterocycles. The highest BCUT2D eigenvalue weighted by Gasteiger charge is 2.19. The minimum absolute atomic E-state index is 0.399. The van der Waals surface area contributed by atoms with E-state index in [9.17, 15) is 4.79 Å². The molecule has 5 nitrogen and oxygen atoms in total. The van der Waals surface area contributed by atoms with Gasteiger partial charge >= 0.3 is 6.03 Å². The van der Waals surface area contributed by atoms with Crippen LogP contribution in [0.5, 0.6) is 0 Å². The third-order valence-electron chi connectivity index (χ3n) is 5.25. The molecule has 4 aromatic rings. The van der Waals surface area contributed by atoms with Crippen molar-refractivity contribution in [2.75, 3.05) is 23.1 Å². The first-order chi connectivity index (χ1) is 16.3. The fourth-order valence-electron chi connectivity index (χ4n) is 3.79. The van der Waals surface area contributed by atoms with Crippen molar-refractivity contribution >= 4 is 75.0 Å². The van der Waals surface area contributed by atoms with Gasteiger partial charge in [0, 0.05) is 37.1 Å². The van der Waals surface area contributed by atoms with Crippen molar-refractivity contribution in [3.05, 3.63) is 70.0 Å². The van der Waals surface area contributed by atoms with E-state index in [-0.39, 0.29) is 0 Å². The lowest BCUT2D eigenvalue weighted by molar-refractivity contribution is 0.262. The number of urea groups is 1. The Kier molecular flexibility index (Phi) is 7.57. The smallest absolute Gasteiger partial charge is 0.306 e. The van der Waals surface area contributed by atoms with Crippen molar-refractivity contribution in [3.63, 3.8) is 0 Å². The Bertz CT molecular complexity index is 1390. The second-order valence-corrected chi connectivity index (χ2v) is 10.1. The van der Waals surface area contributed by atoms with Crippen LogP contribution in [0, 0.1) is 13.8 Å². The van der Waals surface area contributed by atoms with E-state index in [1.807, 2.05) is 68.8 Å². The van der Waals surface area contributed by atoms with Gasteiger partial charge in [-0.15, -0.1) is 23.5 Å². The van der Waals surface area contributed by atoms with E-state index in [2.05, 4.69) is 20.6 Å². The number of carbonyl (C=O) groups excluding carboxylic acids is 1. The van der Waals surface area contributed by atoms with Crippen molar-refractivity contribution in [2.45, 2.75) is 23.8 Å². The molecule has 0 spiro atoms. The molecular formula is C25H22Cl2N4OS2. The number of nitrogens with one attached hydrogen (secondary N) is 2. The maximum Gasteiger partial charge on any atom is 0.323 e. The molecule has 0 atom stereocenters. The summed E-state index contributed by atoms with van der Waals surface area (Å²) in [4.78, 5) is 23.3. The zero-order valence-electron chi connectivity index (χ0n) is 19.0. The molecule has 0 radical (unpaired) electrons. The molecule has 4 rings (SSSR count). The Morgan fingerprint density at radius 3 is 2.47 bits per heavy atom. The molecule has 0 bridgehead atoms. The fraction of sp³-hybridized carbons (Fsp3) is 0.160. The second kappa shape index (κ2) is 10.4. The van der Waals surface area contributed by atoms with E-state index < -0.39 is 6.03 Å². The number of thioether (sulfide) groups is 2. The van der Waals surface area contributed by atoms with E-state index in [1.165, 1.54) is 11.8 Å². The van der Waals surface area contributed by atoms with Gasteiger partial charge in [-0.3, -0.25) is 4.98 Å². The minimum Gasteiger partial charge on any atom is -0.306 e. The van der Waals surface area contributed by atoms with Crippen LogP contribution >= 0.6 is 46.7 Å². The number of hydrogen-bond donors (Lipinski definition) is 2. The Hall–Kier alpha value is -2.45. The van der Waals surface area contributed by atoms with Gasteiger partial charge in [0.25, 0.3) is 0 Å². The monoisotopic (exact) mass is 528 g/mol. The fourth-order valence-corrected chi connectivity index (χ4v) is 5.60. The summed E-state index contributed by atoms with van der Waals surface area (Å²) in [7, 11) is 0. The number of amides is 2. The van der Waals surface area contributed by atoms with Crippen LogP contribution in [-0.2, 0) is 0 Å². The van der Waals surface area contributed by atoms with Crippen molar-refractivity contribution in [2.24, 2.45) is 0 Å². The van der Waals surface area contributed by atoms with Crippen LogP contribution in [0.25, 0.3) is 22.0 Å². The first-order valence-electron chi connectivity index (χ1n) is 10.3. The number of rotatable bonds is 5. The van der Waals surface area contributed by atoms with Crippen molar-refractivity contribution in [1.82, 2.24) is 9.97 Å². The SMILES string of the molecule is CSc1cc(C)nc(SC)c1NC(=O)Nc1cnc2c(C)cc(Cl)cc2c1-c1ccccc1Cl. The Morgan fingerprint density at radius 2 is 1.76 bits per heavy atom. The van der Waals surface area contributed by atoms with Crippen LogP contribution in [0.2, 0.25) is 10.0 Å². The minimum atomic E-state index is -0.399. The molecule has 2 N–H and O–H groups in total. The van der Waals surface area contributed by atoms with Gasteiger partial charge in [-0.25, -0.2) is 9.78 Å². The van der Waals surface area contributed by atoms with Gasteiger partial charge < -0.3 is 10.6 Å². The predicted octanol–water partition coefficient (Wildman–Crippen LogP) is 8.31. The van der Waals surface area contributed by atoms with Gasteiger partial charge in [0.05, 0.1) is 23.1 Å². The quantitative estimate of drug-likeness (QED) is 0.255. The van der Waals surface area contributed by atoms with Crippen LogP contribution in [-0.4, -0.2) is 28.5 Å². The first kappa shape index (κ1) is 24.7. The van der Waals surface area contributed by atoms with Gasteiger partial charge in [0.2, 0.25) is 0 Å². The maximum atomic E-state index is 13.2. The molecule has 0 aliphatic rings. The van der Waals surface area contributed by atoms with Crippen LogP contribution < -0.4 is 10.6 Å². The van der Waals surface area contributed by atoms with E-state index >= 15 is 0 Å². The Balaban J connectivity index is 1.81. The van der Waals surface area contributed by atoms with Gasteiger partial charge in [-0.1, -0.05) is 41.4 Å². The molecule has 2 amide bonds. The molecule has 174 valence electrons. The third-order valence-corrected chi connectivity index (χ3v) is 7.24. The summed E-state index contributed by atoms with van der Waals surface area (Å²) in [5, 5.41) is 8.66. The highest BCUT2D eigenvalue weighted by atomic mass is 35.5. The largest absolute Gasteiger partial charge is 0.323 e. The molecule has 2 aromatic carbocycles. The normalized spacial score (nSPS) is 11.0. The van der Waals surface area contributed by atoms with E-state index in [0.717, 1.165) is 43.2 Å². The summed E-state index contributed by atoms with van der Waals surface area (Å²) >= 11 is 16.0. The number of fused-ring (bicyclic) bond motifs is 1. The zero-order chi connectivity index (χ0) is 24.4. The predicted molar refractivity (Wildman–Crippen MR) is 147 cm³/mol. The summed E-state index contributed by atoms with van der Waals surface area (Å²) in [6.07, 6.45) is 5.56. The average molecular weight is 530 g/mol. The lowest BCUT2D eigenvalue weighted by Gasteiger charge is -2.18. The number of aromatic nitrogens is 2. The topological polar surface area (TPSA) is 66.9 Å². The Morgan fingerprint density at radius 1 is 1.00 bits per heavy atom. The summed E-state index contributed by atoms with van der Waals surface area (Å²) in [5.74, 6) is 0. The molecule has 2 heterocycles. The molecule has 0 saturated carbocycles. The number of carbonyl (C=O) groups is 1. The number of pyridine rings is 2. The maximum absolute atomic E-state index is 13.2. The molecule has 0 fully saturated rings. The van der Waals surface area contributed by atoms with E-state index in [4.69, 9.17) is 23.2 Å². The zero-order valence-corrected chi connectivity index (χ0v) is 22.1. The van der Waals surface area contributed by atoms with Gasteiger partial charge in [0.15, 0.2) is 0 Å². The Labute approximate surface area is 217 Å². The van der Waals surface area contributed by atoms with Crippen LogP contribution in [0.3, 0.4) is 0 Å². The molecule has 9 heteroatoms. The van der Waals surface area contributed by atoms with Crippen molar-refractivity contribution in [1.29, 1.82) is 0 Å². The molecule has 0 aliphatic carbocycles. The molecule has 0 unspecified atom stereocenters. The third kappa shape index (κ3) is 4.98. The number of aryl methyl sites for hydroxylation is 2.